The maximum atomic E-state index is 13.0. The largest absolute Gasteiger partial charge is 0.441 e. The third-order valence-electron chi connectivity index (χ3n) is 3.64. The number of nitrogens with one attached hydrogen (secondary N) is 1. The predicted octanol–water partition coefficient (Wildman–Crippen LogP) is 3.72. The van der Waals surface area contributed by atoms with Crippen LogP contribution in [0.3, 0.4) is 0 Å². The van der Waals surface area contributed by atoms with E-state index in [1.165, 1.54) is 0 Å². The molecule has 0 bridgehead atoms. The van der Waals surface area contributed by atoms with Crippen molar-refractivity contribution in [2.24, 2.45) is 4.99 Å². The van der Waals surface area contributed by atoms with Crippen molar-refractivity contribution in [3.63, 3.8) is 0 Å². The standard InChI is InChI=1S/C11H9F6N3OS/c12-10(13,14)9(11(15,16)17)18-7(21)20-5-3-1-2-4-6(5)22-8(20)19-9/h1-4H2,(H,18,21). The first-order valence-electron chi connectivity index (χ1n) is 6.32. The number of nitrogens with zero attached hydrogens (tertiary/aromatic N) is 2. The van der Waals surface area contributed by atoms with E-state index in [2.05, 4.69) is 4.99 Å². The number of carbonyl (C=O) groups is 1. The highest BCUT2D eigenvalue weighted by atomic mass is 32.2. The second-order valence-corrected chi connectivity index (χ2v) is 6.11. The lowest BCUT2D eigenvalue weighted by molar-refractivity contribution is -0.302. The molecule has 4 nitrogen and oxygen atoms in total. The SMILES string of the molecule is O=C1NC(C(F)(F)F)(C(F)(F)F)N=C2SC3=C(CCCC3)N12. The third-order valence-corrected chi connectivity index (χ3v) is 4.78. The number of amides is 2. The molecule has 11 heteroatoms. The van der Waals surface area contributed by atoms with Gasteiger partial charge in [0.1, 0.15) is 0 Å². The van der Waals surface area contributed by atoms with Gasteiger partial charge >= 0.3 is 24.0 Å². The quantitative estimate of drug-likeness (QED) is 0.680. The van der Waals surface area contributed by atoms with Gasteiger partial charge in [0.15, 0.2) is 5.17 Å². The van der Waals surface area contributed by atoms with Gasteiger partial charge in [0.25, 0.3) is 0 Å². The molecule has 1 aliphatic carbocycles. The normalized spacial score (nSPS) is 24.7. The Balaban J connectivity index is 2.10. The first kappa shape index (κ1) is 15.5. The fourth-order valence-electron chi connectivity index (χ4n) is 2.57. The molecule has 0 atom stereocenters. The number of rotatable bonds is 0. The molecule has 3 rings (SSSR count). The molecule has 0 saturated carbocycles. The van der Waals surface area contributed by atoms with Gasteiger partial charge in [0.05, 0.1) is 0 Å². The van der Waals surface area contributed by atoms with Crippen molar-refractivity contribution < 1.29 is 31.1 Å². The van der Waals surface area contributed by atoms with E-state index in [0.29, 0.717) is 35.2 Å². The zero-order valence-electron chi connectivity index (χ0n) is 10.8. The molecule has 22 heavy (non-hydrogen) atoms. The van der Waals surface area contributed by atoms with Gasteiger partial charge in [0, 0.05) is 10.6 Å². The van der Waals surface area contributed by atoms with Gasteiger partial charge in [-0.3, -0.25) is 5.32 Å². The minimum atomic E-state index is -5.79. The molecule has 3 aliphatic rings. The fourth-order valence-corrected chi connectivity index (χ4v) is 3.82. The van der Waals surface area contributed by atoms with E-state index < -0.39 is 29.2 Å². The van der Waals surface area contributed by atoms with Crippen LogP contribution >= 0.6 is 11.8 Å². The van der Waals surface area contributed by atoms with E-state index in [1.807, 2.05) is 0 Å². The summed E-state index contributed by atoms with van der Waals surface area (Å²) in [6.07, 6.45) is -9.13. The molecule has 0 radical (unpaired) electrons. The van der Waals surface area contributed by atoms with Crippen LogP contribution in [0.2, 0.25) is 0 Å². The number of thioether (sulfide) groups is 1. The molecule has 122 valence electrons. The molecule has 2 amide bonds. The highest BCUT2D eigenvalue weighted by Crippen LogP contribution is 2.50. The Morgan fingerprint density at radius 3 is 2.27 bits per heavy atom. The lowest BCUT2D eigenvalue weighted by atomic mass is 10.0. The number of amidine groups is 1. The average molecular weight is 345 g/mol. The summed E-state index contributed by atoms with van der Waals surface area (Å²) in [4.78, 5) is 16.2. The molecule has 0 aromatic rings. The monoisotopic (exact) mass is 345 g/mol. The molecule has 0 unspecified atom stereocenters. The summed E-state index contributed by atoms with van der Waals surface area (Å²) in [5.41, 5.74) is -4.14. The first-order valence-corrected chi connectivity index (χ1v) is 7.14. The number of urea groups is 1. The van der Waals surface area contributed by atoms with Gasteiger partial charge in [-0.15, -0.1) is 0 Å². The Bertz CT molecular complexity index is 580. The van der Waals surface area contributed by atoms with Crippen molar-refractivity contribution >= 4 is 23.0 Å². The number of hydrogen-bond donors (Lipinski definition) is 1. The van der Waals surface area contributed by atoms with Crippen molar-refractivity contribution in [1.82, 2.24) is 10.2 Å². The molecule has 0 aromatic carbocycles. The molecular weight excluding hydrogens is 336 g/mol. The summed E-state index contributed by atoms with van der Waals surface area (Å²) in [5, 5.41) is 0.452. The average Bonchev–Trinajstić information content (AvgIpc) is 2.74. The van der Waals surface area contributed by atoms with Crippen molar-refractivity contribution in [2.75, 3.05) is 0 Å². The van der Waals surface area contributed by atoms with Crippen LogP contribution in [0.25, 0.3) is 0 Å². The summed E-state index contributed by atoms with van der Waals surface area (Å²) in [6, 6.07) is -1.45. The zero-order chi connectivity index (χ0) is 16.3. The molecule has 2 heterocycles. The van der Waals surface area contributed by atoms with Crippen LogP contribution < -0.4 is 5.32 Å². The lowest BCUT2D eigenvalue weighted by Crippen LogP contribution is -2.70. The number of hydrogen-bond acceptors (Lipinski definition) is 3. The van der Waals surface area contributed by atoms with Crippen LogP contribution in [0.15, 0.2) is 15.6 Å². The summed E-state index contributed by atoms with van der Waals surface area (Å²) in [6.45, 7) is 0. The van der Waals surface area contributed by atoms with Gasteiger partial charge < -0.3 is 0 Å². The summed E-state index contributed by atoms with van der Waals surface area (Å²) >= 11 is 0.712. The number of alkyl halides is 6. The van der Waals surface area contributed by atoms with E-state index in [4.69, 9.17) is 0 Å². The number of fused-ring (bicyclic) bond motifs is 2. The van der Waals surface area contributed by atoms with Crippen molar-refractivity contribution in [2.45, 2.75) is 43.7 Å². The number of halogens is 6. The molecule has 2 aliphatic heterocycles. The van der Waals surface area contributed by atoms with Gasteiger partial charge in [-0.2, -0.15) is 26.3 Å². The van der Waals surface area contributed by atoms with E-state index in [9.17, 15) is 31.1 Å². The smallest absolute Gasteiger partial charge is 0.297 e. The van der Waals surface area contributed by atoms with Gasteiger partial charge in [-0.25, -0.2) is 14.7 Å². The van der Waals surface area contributed by atoms with Crippen LogP contribution in [-0.2, 0) is 0 Å². The topological polar surface area (TPSA) is 44.7 Å². The Morgan fingerprint density at radius 2 is 1.68 bits per heavy atom. The van der Waals surface area contributed by atoms with E-state index >= 15 is 0 Å². The van der Waals surface area contributed by atoms with Crippen LogP contribution in [0, 0.1) is 0 Å². The molecule has 0 fully saturated rings. The summed E-state index contributed by atoms with van der Waals surface area (Å²) in [5.74, 6) is 0. The van der Waals surface area contributed by atoms with Gasteiger partial charge in [-0.1, -0.05) is 11.8 Å². The van der Waals surface area contributed by atoms with Crippen molar-refractivity contribution in [3.05, 3.63) is 10.6 Å². The van der Waals surface area contributed by atoms with Crippen molar-refractivity contribution in [3.8, 4) is 0 Å². The van der Waals surface area contributed by atoms with E-state index in [1.54, 1.807) is 0 Å². The maximum absolute atomic E-state index is 13.0. The van der Waals surface area contributed by atoms with Crippen LogP contribution in [0.4, 0.5) is 31.1 Å². The Morgan fingerprint density at radius 1 is 1.09 bits per heavy atom. The van der Waals surface area contributed by atoms with Crippen LogP contribution in [0.1, 0.15) is 25.7 Å². The molecule has 1 N–H and O–H groups in total. The van der Waals surface area contributed by atoms with Crippen molar-refractivity contribution in [1.29, 1.82) is 0 Å². The Kier molecular flexibility index (Phi) is 3.21. The third kappa shape index (κ3) is 2.01. The summed E-state index contributed by atoms with van der Waals surface area (Å²) < 4.78 is 78.1. The van der Waals surface area contributed by atoms with Gasteiger partial charge in [0.2, 0.25) is 0 Å². The zero-order valence-corrected chi connectivity index (χ0v) is 11.6. The Hall–Kier alpha value is -1.39. The minimum Gasteiger partial charge on any atom is -0.297 e. The summed E-state index contributed by atoms with van der Waals surface area (Å²) in [7, 11) is 0. The maximum Gasteiger partial charge on any atom is 0.441 e. The molecule has 0 spiro atoms. The predicted molar refractivity (Wildman–Crippen MR) is 65.7 cm³/mol. The van der Waals surface area contributed by atoms with Gasteiger partial charge in [-0.05, 0) is 25.7 Å². The number of carbonyl (C=O) groups excluding carboxylic acids is 1. The number of allylic oxidation sites excluding steroid dienone is 2. The molecule has 0 saturated heterocycles. The highest BCUT2D eigenvalue weighted by Gasteiger charge is 2.75. The van der Waals surface area contributed by atoms with Crippen LogP contribution in [0.5, 0.6) is 0 Å². The minimum absolute atomic E-state index is 0.430. The second kappa shape index (κ2) is 4.56. The van der Waals surface area contributed by atoms with E-state index in [-0.39, 0.29) is 0 Å². The number of aliphatic imine (C=N–C) groups is 1. The fraction of sp³-hybridized carbons (Fsp3) is 0.636. The Labute approximate surface area is 124 Å². The first-order chi connectivity index (χ1) is 10.1. The highest BCUT2D eigenvalue weighted by molar-refractivity contribution is 8.17. The molecule has 0 aromatic heterocycles. The van der Waals surface area contributed by atoms with E-state index in [0.717, 1.165) is 23.1 Å². The second-order valence-electron chi connectivity index (χ2n) is 5.04. The van der Waals surface area contributed by atoms with Crippen LogP contribution in [-0.4, -0.2) is 34.1 Å². The molecular formula is C11H9F6N3OS. The lowest BCUT2D eigenvalue weighted by Gasteiger charge is -2.39.